The first kappa shape index (κ1) is 12.8. The summed E-state index contributed by atoms with van der Waals surface area (Å²) in [7, 11) is 2.93. The molecule has 2 rings (SSSR count). The van der Waals surface area contributed by atoms with Crippen molar-refractivity contribution in [2.75, 3.05) is 14.2 Å². The molecule has 0 amide bonds. The van der Waals surface area contributed by atoms with E-state index in [1.165, 1.54) is 7.11 Å². The van der Waals surface area contributed by atoms with Crippen LogP contribution in [0.4, 0.5) is 0 Å². The monoisotopic (exact) mass is 309 g/mol. The van der Waals surface area contributed by atoms with E-state index in [1.807, 2.05) is 12.1 Å². The molecule has 0 spiro atoms. The molecule has 0 saturated carbocycles. The summed E-state index contributed by atoms with van der Waals surface area (Å²) in [6.07, 6.45) is 0. The number of rotatable bonds is 3. The Morgan fingerprint density at radius 1 is 1.28 bits per heavy atom. The lowest BCUT2D eigenvalue weighted by Crippen LogP contribution is -2.03. The van der Waals surface area contributed by atoms with E-state index in [0.717, 1.165) is 16.5 Å². The molecule has 5 heteroatoms. The van der Waals surface area contributed by atoms with Crippen molar-refractivity contribution >= 4 is 32.8 Å². The number of ether oxygens (including phenoxy) is 2. The van der Waals surface area contributed by atoms with Crippen molar-refractivity contribution in [1.29, 1.82) is 0 Å². The number of nitrogens with zero attached hydrogens (tertiary/aromatic N) is 1. The Labute approximate surface area is 113 Å². The van der Waals surface area contributed by atoms with Crippen LogP contribution in [0.5, 0.6) is 5.88 Å². The van der Waals surface area contributed by atoms with Crippen molar-refractivity contribution in [3.05, 3.63) is 35.4 Å². The number of carbonyl (C=O) groups is 1. The second-order valence-electron chi connectivity index (χ2n) is 3.65. The summed E-state index contributed by atoms with van der Waals surface area (Å²) < 4.78 is 9.87. The normalized spacial score (nSPS) is 10.4. The number of methoxy groups -OCH3 is 2. The predicted molar refractivity (Wildman–Crippen MR) is 72.3 cm³/mol. The highest BCUT2D eigenvalue weighted by atomic mass is 79.9. The number of hydrogen-bond acceptors (Lipinski definition) is 4. The molecule has 4 nitrogen and oxygen atoms in total. The SMILES string of the molecule is COC(=O)c1ccc(CBr)c2nc(OC)ccc12. The first-order valence-electron chi connectivity index (χ1n) is 5.32. The van der Waals surface area contributed by atoms with Gasteiger partial charge in [-0.05, 0) is 17.7 Å². The van der Waals surface area contributed by atoms with Crippen molar-refractivity contribution in [2.24, 2.45) is 0 Å². The minimum atomic E-state index is -0.368. The summed E-state index contributed by atoms with van der Waals surface area (Å²) in [6, 6.07) is 7.15. The van der Waals surface area contributed by atoms with Gasteiger partial charge in [-0.1, -0.05) is 22.0 Å². The van der Waals surface area contributed by atoms with E-state index >= 15 is 0 Å². The number of pyridine rings is 1. The van der Waals surface area contributed by atoms with Gasteiger partial charge in [0.25, 0.3) is 0 Å². The zero-order valence-electron chi connectivity index (χ0n) is 10.1. The molecule has 1 aromatic carbocycles. The van der Waals surface area contributed by atoms with Crippen LogP contribution in [0.3, 0.4) is 0 Å². The van der Waals surface area contributed by atoms with Crippen LogP contribution in [0, 0.1) is 0 Å². The van der Waals surface area contributed by atoms with Gasteiger partial charge in [0.2, 0.25) is 5.88 Å². The molecule has 1 aromatic heterocycles. The fourth-order valence-electron chi connectivity index (χ4n) is 1.77. The van der Waals surface area contributed by atoms with Gasteiger partial charge >= 0.3 is 5.97 Å². The first-order valence-corrected chi connectivity index (χ1v) is 6.44. The quantitative estimate of drug-likeness (QED) is 0.646. The van der Waals surface area contributed by atoms with Crippen LogP contribution in [0.15, 0.2) is 24.3 Å². The second kappa shape index (κ2) is 5.35. The third-order valence-electron chi connectivity index (χ3n) is 2.67. The van der Waals surface area contributed by atoms with Crippen LogP contribution in [-0.4, -0.2) is 25.2 Å². The molecule has 18 heavy (non-hydrogen) atoms. The second-order valence-corrected chi connectivity index (χ2v) is 4.21. The highest BCUT2D eigenvalue weighted by Gasteiger charge is 2.14. The van der Waals surface area contributed by atoms with Crippen molar-refractivity contribution in [3.8, 4) is 5.88 Å². The first-order chi connectivity index (χ1) is 8.71. The van der Waals surface area contributed by atoms with E-state index in [2.05, 4.69) is 20.9 Å². The van der Waals surface area contributed by atoms with Crippen LogP contribution in [0.1, 0.15) is 15.9 Å². The van der Waals surface area contributed by atoms with Gasteiger partial charge in [-0.15, -0.1) is 0 Å². The number of esters is 1. The summed E-state index contributed by atoms with van der Waals surface area (Å²) >= 11 is 3.41. The van der Waals surface area contributed by atoms with Crippen LogP contribution in [-0.2, 0) is 10.1 Å². The van der Waals surface area contributed by atoms with Crippen molar-refractivity contribution in [3.63, 3.8) is 0 Å². The molecule has 0 radical (unpaired) electrons. The molecule has 1 heterocycles. The van der Waals surface area contributed by atoms with Gasteiger partial charge in [0, 0.05) is 16.8 Å². The third kappa shape index (κ3) is 2.18. The Balaban J connectivity index is 2.74. The highest BCUT2D eigenvalue weighted by Crippen LogP contribution is 2.25. The van der Waals surface area contributed by atoms with Crippen molar-refractivity contribution in [1.82, 2.24) is 4.98 Å². The standard InChI is InChI=1S/C13H12BrNO3/c1-17-11-6-5-9-10(13(16)18-2)4-3-8(7-14)12(9)15-11/h3-6H,7H2,1-2H3. The van der Waals surface area contributed by atoms with Gasteiger partial charge in [-0.2, -0.15) is 0 Å². The summed E-state index contributed by atoms with van der Waals surface area (Å²) in [5.74, 6) is 0.153. The van der Waals surface area contributed by atoms with Gasteiger partial charge in [0.05, 0.1) is 25.3 Å². The maximum absolute atomic E-state index is 11.7. The zero-order valence-corrected chi connectivity index (χ0v) is 11.7. The zero-order chi connectivity index (χ0) is 13.1. The fourth-order valence-corrected chi connectivity index (χ4v) is 2.22. The number of halogens is 1. The molecule has 0 aliphatic rings. The average Bonchev–Trinajstić information content (AvgIpc) is 2.44. The van der Waals surface area contributed by atoms with Gasteiger partial charge in [0.1, 0.15) is 0 Å². The predicted octanol–water partition coefficient (Wildman–Crippen LogP) is 2.92. The molecular weight excluding hydrogens is 298 g/mol. The molecule has 0 aliphatic heterocycles. The topological polar surface area (TPSA) is 48.4 Å². The Morgan fingerprint density at radius 2 is 2.06 bits per heavy atom. The minimum absolute atomic E-state index is 0.368. The minimum Gasteiger partial charge on any atom is -0.481 e. The molecule has 0 atom stereocenters. The maximum atomic E-state index is 11.7. The summed E-state index contributed by atoms with van der Waals surface area (Å²) in [6.45, 7) is 0. The van der Waals surface area contributed by atoms with E-state index in [0.29, 0.717) is 16.8 Å². The molecule has 0 N–H and O–H groups in total. The van der Waals surface area contributed by atoms with E-state index < -0.39 is 0 Å². The summed E-state index contributed by atoms with van der Waals surface area (Å²) in [5.41, 5.74) is 2.25. The lowest BCUT2D eigenvalue weighted by atomic mass is 10.0. The van der Waals surface area contributed by atoms with E-state index in [9.17, 15) is 4.79 Å². The van der Waals surface area contributed by atoms with Crippen LogP contribution < -0.4 is 4.74 Å². The Bertz CT molecular complexity index is 598. The van der Waals surface area contributed by atoms with E-state index in [1.54, 1.807) is 19.2 Å². The molecule has 0 fully saturated rings. The number of carbonyl (C=O) groups excluding carboxylic acids is 1. The third-order valence-corrected chi connectivity index (χ3v) is 3.28. The Hall–Kier alpha value is -1.62. The van der Waals surface area contributed by atoms with Crippen LogP contribution >= 0.6 is 15.9 Å². The Kier molecular flexibility index (Phi) is 3.81. The lowest BCUT2D eigenvalue weighted by Gasteiger charge is -2.09. The van der Waals surface area contributed by atoms with E-state index in [4.69, 9.17) is 9.47 Å². The number of alkyl halides is 1. The summed E-state index contributed by atoms with van der Waals surface area (Å²) in [4.78, 5) is 16.1. The average molecular weight is 310 g/mol. The summed E-state index contributed by atoms with van der Waals surface area (Å²) in [5, 5.41) is 1.42. The van der Waals surface area contributed by atoms with Crippen molar-refractivity contribution in [2.45, 2.75) is 5.33 Å². The number of benzene rings is 1. The molecule has 0 saturated heterocycles. The van der Waals surface area contributed by atoms with Gasteiger partial charge in [-0.25, -0.2) is 9.78 Å². The molecule has 0 aliphatic carbocycles. The molecule has 2 aromatic rings. The van der Waals surface area contributed by atoms with Gasteiger partial charge in [-0.3, -0.25) is 0 Å². The van der Waals surface area contributed by atoms with Gasteiger partial charge < -0.3 is 9.47 Å². The van der Waals surface area contributed by atoms with Crippen LogP contribution in [0.25, 0.3) is 10.9 Å². The fraction of sp³-hybridized carbons (Fsp3) is 0.231. The van der Waals surface area contributed by atoms with E-state index in [-0.39, 0.29) is 5.97 Å². The molecular formula is C13H12BrNO3. The molecule has 0 unspecified atom stereocenters. The number of hydrogen-bond donors (Lipinski definition) is 0. The lowest BCUT2D eigenvalue weighted by molar-refractivity contribution is 0.0603. The smallest absolute Gasteiger partial charge is 0.338 e. The van der Waals surface area contributed by atoms with Crippen molar-refractivity contribution < 1.29 is 14.3 Å². The maximum Gasteiger partial charge on any atom is 0.338 e. The number of aromatic nitrogens is 1. The van der Waals surface area contributed by atoms with Gasteiger partial charge in [0.15, 0.2) is 0 Å². The Morgan fingerprint density at radius 3 is 2.67 bits per heavy atom. The number of fused-ring (bicyclic) bond motifs is 1. The highest BCUT2D eigenvalue weighted by molar-refractivity contribution is 9.08. The largest absolute Gasteiger partial charge is 0.481 e. The molecule has 0 bridgehead atoms. The molecule has 94 valence electrons. The van der Waals surface area contributed by atoms with Crippen LogP contribution in [0.2, 0.25) is 0 Å².